The maximum absolute atomic E-state index is 13.8. The fourth-order valence-electron chi connectivity index (χ4n) is 4.34. The van der Waals surface area contributed by atoms with E-state index in [9.17, 15) is 4.39 Å². The number of aromatic nitrogens is 1. The summed E-state index contributed by atoms with van der Waals surface area (Å²) >= 11 is 0. The average Bonchev–Trinajstić information content (AvgIpc) is 2.68. The van der Waals surface area contributed by atoms with Gasteiger partial charge in [0.25, 0.3) is 0 Å². The molecular weight excluding hydrogens is 337 g/mol. The third kappa shape index (κ3) is 5.19. The smallest absolute Gasteiger partial charge is 0.124 e. The van der Waals surface area contributed by atoms with Gasteiger partial charge in [-0.05, 0) is 76.0 Å². The second-order valence-corrected chi connectivity index (χ2v) is 7.90. The van der Waals surface area contributed by atoms with Crippen molar-refractivity contribution in [3.8, 4) is 0 Å². The topological polar surface area (TPSA) is 19.4 Å². The number of hydrogen-bond acceptors (Lipinski definition) is 3. The Morgan fingerprint density at radius 2 is 1.85 bits per heavy atom. The number of unbranched alkanes of at least 4 members (excludes halogenated alkanes) is 1. The van der Waals surface area contributed by atoms with Crippen molar-refractivity contribution in [3.05, 3.63) is 35.8 Å². The van der Waals surface area contributed by atoms with Crippen LogP contribution in [-0.4, -0.2) is 42.6 Å². The number of piperidine rings is 1. The summed E-state index contributed by atoms with van der Waals surface area (Å²) in [7, 11) is 0. The zero-order valence-electron chi connectivity index (χ0n) is 17.2. The molecule has 0 spiro atoms. The maximum atomic E-state index is 13.8. The lowest BCUT2D eigenvalue weighted by molar-refractivity contribution is 0.286. The molecule has 27 heavy (non-hydrogen) atoms. The number of halogens is 1. The molecule has 1 fully saturated rings. The summed E-state index contributed by atoms with van der Waals surface area (Å²) < 4.78 is 13.8. The van der Waals surface area contributed by atoms with E-state index in [-0.39, 0.29) is 5.82 Å². The van der Waals surface area contributed by atoms with E-state index in [1.807, 2.05) is 6.92 Å². The summed E-state index contributed by atoms with van der Waals surface area (Å²) in [6, 6.07) is 7.05. The molecular formula is C23H34FN3. The molecule has 0 atom stereocenters. The van der Waals surface area contributed by atoms with Crippen molar-refractivity contribution in [1.29, 1.82) is 0 Å². The average molecular weight is 372 g/mol. The van der Waals surface area contributed by atoms with Crippen molar-refractivity contribution in [2.45, 2.75) is 52.9 Å². The van der Waals surface area contributed by atoms with E-state index in [4.69, 9.17) is 0 Å². The number of nitrogens with zero attached hydrogens (tertiary/aromatic N) is 3. The Bertz CT molecular complexity index is 734. The highest BCUT2D eigenvalue weighted by Gasteiger charge is 2.21. The lowest BCUT2D eigenvalue weighted by Crippen LogP contribution is -2.34. The minimum Gasteiger partial charge on any atom is -0.371 e. The van der Waals surface area contributed by atoms with Crippen LogP contribution in [0.25, 0.3) is 10.9 Å². The first-order chi connectivity index (χ1) is 13.1. The molecule has 0 N–H and O–H groups in total. The fourth-order valence-corrected chi connectivity index (χ4v) is 4.34. The number of hydrogen-bond donors (Lipinski definition) is 0. The van der Waals surface area contributed by atoms with Crippen molar-refractivity contribution in [1.82, 2.24) is 9.88 Å². The van der Waals surface area contributed by atoms with Gasteiger partial charge in [0.1, 0.15) is 5.82 Å². The van der Waals surface area contributed by atoms with Gasteiger partial charge in [-0.1, -0.05) is 26.7 Å². The number of pyridine rings is 1. The van der Waals surface area contributed by atoms with E-state index in [1.165, 1.54) is 44.7 Å². The van der Waals surface area contributed by atoms with Gasteiger partial charge in [-0.25, -0.2) is 4.39 Å². The summed E-state index contributed by atoms with van der Waals surface area (Å²) in [6.45, 7) is 12.2. The Balaban J connectivity index is 1.55. The van der Waals surface area contributed by atoms with E-state index >= 15 is 0 Å². The van der Waals surface area contributed by atoms with Gasteiger partial charge in [0.15, 0.2) is 0 Å². The van der Waals surface area contributed by atoms with Gasteiger partial charge in [-0.2, -0.15) is 0 Å². The van der Waals surface area contributed by atoms with E-state index in [2.05, 4.69) is 34.7 Å². The normalized spacial score (nSPS) is 15.8. The predicted octanol–water partition coefficient (Wildman–Crippen LogP) is 5.41. The Kier molecular flexibility index (Phi) is 7.06. The van der Waals surface area contributed by atoms with Crippen molar-refractivity contribution < 1.29 is 4.39 Å². The zero-order valence-corrected chi connectivity index (χ0v) is 17.2. The molecule has 148 valence electrons. The molecule has 0 aliphatic carbocycles. The highest BCUT2D eigenvalue weighted by molar-refractivity contribution is 5.92. The zero-order chi connectivity index (χ0) is 19.2. The molecule has 1 aromatic heterocycles. The van der Waals surface area contributed by atoms with E-state index < -0.39 is 0 Å². The van der Waals surface area contributed by atoms with Gasteiger partial charge < -0.3 is 9.80 Å². The van der Waals surface area contributed by atoms with Crippen molar-refractivity contribution >= 4 is 16.6 Å². The van der Waals surface area contributed by atoms with Crippen LogP contribution in [0.3, 0.4) is 0 Å². The molecule has 0 unspecified atom stereocenters. The lowest BCUT2D eigenvalue weighted by atomic mass is 9.91. The first-order valence-electron chi connectivity index (χ1n) is 10.6. The van der Waals surface area contributed by atoms with Crippen molar-refractivity contribution in [2.75, 3.05) is 37.6 Å². The number of anilines is 1. The molecule has 4 heteroatoms. The summed E-state index contributed by atoms with van der Waals surface area (Å²) in [4.78, 5) is 9.51. The van der Waals surface area contributed by atoms with Crippen molar-refractivity contribution in [2.24, 2.45) is 5.92 Å². The van der Waals surface area contributed by atoms with Gasteiger partial charge >= 0.3 is 0 Å². The summed E-state index contributed by atoms with van der Waals surface area (Å²) in [5.41, 5.74) is 3.05. The number of fused-ring (bicyclic) bond motifs is 1. The Morgan fingerprint density at radius 3 is 2.56 bits per heavy atom. The standard InChI is InChI=1S/C23H34FN3/c1-4-26(5-2)13-7-6-8-19-11-14-27(15-12-19)23-16-18(3)25-22-10-9-20(24)17-21(22)23/h9-10,16-17,19H,4-8,11-15H2,1-3H3. The molecule has 0 saturated carbocycles. The van der Waals surface area contributed by atoms with Crippen LogP contribution in [0.2, 0.25) is 0 Å². The van der Waals surface area contributed by atoms with Crippen molar-refractivity contribution in [3.63, 3.8) is 0 Å². The van der Waals surface area contributed by atoms with Crippen LogP contribution in [0.1, 0.15) is 51.6 Å². The minimum absolute atomic E-state index is 0.183. The molecule has 2 aromatic rings. The van der Waals surface area contributed by atoms with Gasteiger partial charge in [-0.15, -0.1) is 0 Å². The highest BCUT2D eigenvalue weighted by Crippen LogP contribution is 2.32. The molecule has 3 nitrogen and oxygen atoms in total. The molecule has 0 radical (unpaired) electrons. The van der Waals surface area contributed by atoms with Crippen LogP contribution in [0.4, 0.5) is 10.1 Å². The second-order valence-electron chi connectivity index (χ2n) is 7.90. The summed E-state index contributed by atoms with van der Waals surface area (Å²) in [5, 5.41) is 0.943. The van der Waals surface area contributed by atoms with Gasteiger partial charge in [0.2, 0.25) is 0 Å². The third-order valence-corrected chi connectivity index (χ3v) is 6.06. The van der Waals surface area contributed by atoms with Gasteiger partial charge in [0, 0.05) is 29.9 Å². The Morgan fingerprint density at radius 1 is 1.11 bits per heavy atom. The molecule has 1 aromatic carbocycles. The van der Waals surface area contributed by atoms with Crippen LogP contribution in [0.15, 0.2) is 24.3 Å². The molecule has 0 amide bonds. The second kappa shape index (κ2) is 9.50. The molecule has 1 aliphatic rings. The van der Waals surface area contributed by atoms with Crippen LogP contribution < -0.4 is 4.90 Å². The number of benzene rings is 1. The van der Waals surface area contributed by atoms with Gasteiger partial charge in [0.05, 0.1) is 5.52 Å². The first-order valence-corrected chi connectivity index (χ1v) is 10.6. The molecule has 2 heterocycles. The van der Waals surface area contributed by atoms with E-state index in [1.54, 1.807) is 12.1 Å². The summed E-state index contributed by atoms with van der Waals surface area (Å²) in [5.74, 6) is 0.654. The minimum atomic E-state index is -0.183. The quantitative estimate of drug-likeness (QED) is 0.578. The van der Waals surface area contributed by atoms with E-state index in [0.29, 0.717) is 0 Å². The molecule has 1 aliphatic heterocycles. The predicted molar refractivity (Wildman–Crippen MR) is 113 cm³/mol. The van der Waals surface area contributed by atoms with E-state index in [0.717, 1.165) is 54.4 Å². The Hall–Kier alpha value is -1.68. The van der Waals surface area contributed by atoms with Crippen LogP contribution in [0, 0.1) is 18.7 Å². The van der Waals surface area contributed by atoms with Crippen LogP contribution >= 0.6 is 0 Å². The lowest BCUT2D eigenvalue weighted by Gasteiger charge is -2.34. The van der Waals surface area contributed by atoms with Crippen LogP contribution in [-0.2, 0) is 0 Å². The maximum Gasteiger partial charge on any atom is 0.124 e. The molecule has 3 rings (SSSR count). The largest absolute Gasteiger partial charge is 0.371 e. The monoisotopic (exact) mass is 371 g/mol. The number of aryl methyl sites for hydroxylation is 1. The third-order valence-electron chi connectivity index (χ3n) is 6.06. The first kappa shape index (κ1) is 20.1. The summed E-state index contributed by atoms with van der Waals surface area (Å²) in [6.07, 6.45) is 6.48. The fraction of sp³-hybridized carbons (Fsp3) is 0.609. The molecule has 1 saturated heterocycles. The highest BCUT2D eigenvalue weighted by atomic mass is 19.1. The van der Waals surface area contributed by atoms with Gasteiger partial charge in [-0.3, -0.25) is 4.98 Å². The SMILES string of the molecule is CCN(CC)CCCCC1CCN(c2cc(C)nc3ccc(F)cc23)CC1. The van der Waals surface area contributed by atoms with Crippen LogP contribution in [0.5, 0.6) is 0 Å². The Labute approximate surface area is 163 Å². The number of rotatable bonds is 8. The molecule has 0 bridgehead atoms.